The molecule has 2 fully saturated rings. The molecule has 1 atom stereocenters. The fraction of sp³-hybridized carbons (Fsp3) is 0.812. The standard InChI is InChI=1S/C16H26N2OS/c1-16(2,3)13-10-20-15(18-13)14(17-12-4-5-12)11-6-8-19-9-7-11/h10-12,14,17H,4-9H2,1-3H3. The summed E-state index contributed by atoms with van der Waals surface area (Å²) in [6.07, 6.45) is 4.98. The second-order valence-electron chi connectivity index (χ2n) is 7.19. The van der Waals surface area contributed by atoms with Crippen LogP contribution < -0.4 is 5.32 Å². The Morgan fingerprint density at radius 2 is 1.95 bits per heavy atom. The molecule has 1 saturated heterocycles. The molecule has 0 spiro atoms. The van der Waals surface area contributed by atoms with E-state index in [2.05, 4.69) is 31.5 Å². The van der Waals surface area contributed by atoms with E-state index in [0.717, 1.165) is 32.1 Å². The molecule has 0 amide bonds. The summed E-state index contributed by atoms with van der Waals surface area (Å²) in [6.45, 7) is 8.53. The monoisotopic (exact) mass is 294 g/mol. The molecular weight excluding hydrogens is 268 g/mol. The van der Waals surface area contributed by atoms with Gasteiger partial charge in [-0.15, -0.1) is 11.3 Å². The Morgan fingerprint density at radius 3 is 2.50 bits per heavy atom. The summed E-state index contributed by atoms with van der Waals surface area (Å²) in [6, 6.07) is 1.16. The minimum Gasteiger partial charge on any atom is -0.381 e. The Kier molecular flexibility index (Phi) is 4.16. The van der Waals surface area contributed by atoms with Gasteiger partial charge >= 0.3 is 0 Å². The summed E-state index contributed by atoms with van der Waals surface area (Å²) in [5.74, 6) is 0.684. The third-order valence-electron chi connectivity index (χ3n) is 4.29. The smallest absolute Gasteiger partial charge is 0.110 e. The van der Waals surface area contributed by atoms with Gasteiger partial charge in [-0.25, -0.2) is 4.98 Å². The minimum atomic E-state index is 0.147. The third-order valence-corrected chi connectivity index (χ3v) is 5.21. The van der Waals surface area contributed by atoms with E-state index in [-0.39, 0.29) is 5.41 Å². The van der Waals surface area contributed by atoms with Crippen molar-refractivity contribution in [1.29, 1.82) is 0 Å². The van der Waals surface area contributed by atoms with E-state index in [1.165, 1.54) is 23.5 Å². The zero-order chi connectivity index (χ0) is 14.2. The van der Waals surface area contributed by atoms with E-state index in [1.807, 2.05) is 11.3 Å². The average Bonchev–Trinajstić information content (AvgIpc) is 3.09. The second kappa shape index (κ2) is 5.74. The van der Waals surface area contributed by atoms with Gasteiger partial charge in [0, 0.05) is 30.1 Å². The normalized spacial score (nSPS) is 22.9. The predicted octanol–water partition coefficient (Wildman–Crippen LogP) is 3.66. The highest BCUT2D eigenvalue weighted by Crippen LogP contribution is 2.36. The molecule has 4 heteroatoms. The molecule has 20 heavy (non-hydrogen) atoms. The van der Waals surface area contributed by atoms with Gasteiger partial charge in [0.25, 0.3) is 0 Å². The summed E-state index contributed by atoms with van der Waals surface area (Å²) in [5.41, 5.74) is 1.38. The van der Waals surface area contributed by atoms with E-state index in [9.17, 15) is 0 Å². The molecule has 1 aromatic rings. The zero-order valence-corrected chi connectivity index (χ0v) is 13.6. The van der Waals surface area contributed by atoms with Crippen LogP contribution in [0.4, 0.5) is 0 Å². The number of hydrogen-bond donors (Lipinski definition) is 1. The number of hydrogen-bond acceptors (Lipinski definition) is 4. The van der Waals surface area contributed by atoms with Crippen LogP contribution in [0.2, 0.25) is 0 Å². The Morgan fingerprint density at radius 1 is 1.25 bits per heavy atom. The molecule has 3 nitrogen and oxygen atoms in total. The number of rotatable bonds is 4. The first-order valence-electron chi connectivity index (χ1n) is 7.84. The van der Waals surface area contributed by atoms with Crippen LogP contribution in [0.3, 0.4) is 0 Å². The van der Waals surface area contributed by atoms with Gasteiger partial charge in [-0.3, -0.25) is 0 Å². The molecule has 0 radical (unpaired) electrons. The lowest BCUT2D eigenvalue weighted by atomic mass is 9.91. The van der Waals surface area contributed by atoms with Gasteiger partial charge in [0.15, 0.2) is 0 Å². The molecule has 1 aliphatic heterocycles. The molecule has 2 heterocycles. The lowest BCUT2D eigenvalue weighted by Crippen LogP contribution is -2.33. The SMILES string of the molecule is CC(C)(C)c1csc(C(NC2CC2)C2CCOCC2)n1. The molecule has 1 aliphatic carbocycles. The molecule has 0 bridgehead atoms. The highest BCUT2D eigenvalue weighted by Gasteiger charge is 2.33. The van der Waals surface area contributed by atoms with Crippen molar-refractivity contribution in [3.05, 3.63) is 16.1 Å². The molecular formula is C16H26N2OS. The van der Waals surface area contributed by atoms with Crippen molar-refractivity contribution in [3.8, 4) is 0 Å². The van der Waals surface area contributed by atoms with Gasteiger partial charge in [0.1, 0.15) is 5.01 Å². The summed E-state index contributed by atoms with van der Waals surface area (Å²) in [7, 11) is 0. The van der Waals surface area contributed by atoms with E-state index in [4.69, 9.17) is 9.72 Å². The van der Waals surface area contributed by atoms with Crippen LogP contribution in [0.1, 0.15) is 63.2 Å². The quantitative estimate of drug-likeness (QED) is 0.920. The van der Waals surface area contributed by atoms with E-state index in [0.29, 0.717) is 12.0 Å². The number of thiazole rings is 1. The largest absolute Gasteiger partial charge is 0.381 e. The maximum atomic E-state index is 5.52. The molecule has 1 aromatic heterocycles. The Bertz CT molecular complexity index is 442. The first-order valence-corrected chi connectivity index (χ1v) is 8.72. The van der Waals surface area contributed by atoms with Crippen LogP contribution in [-0.4, -0.2) is 24.2 Å². The fourth-order valence-corrected chi connectivity index (χ4v) is 3.93. The first-order chi connectivity index (χ1) is 9.54. The van der Waals surface area contributed by atoms with Crippen LogP contribution in [0.5, 0.6) is 0 Å². The Balaban J connectivity index is 1.78. The minimum absolute atomic E-state index is 0.147. The zero-order valence-electron chi connectivity index (χ0n) is 12.8. The molecule has 1 N–H and O–H groups in total. The molecule has 3 rings (SSSR count). The van der Waals surface area contributed by atoms with Gasteiger partial charge < -0.3 is 10.1 Å². The Labute approximate surface area is 126 Å². The Hall–Kier alpha value is -0.450. The first kappa shape index (κ1) is 14.5. The number of aromatic nitrogens is 1. The van der Waals surface area contributed by atoms with Crippen LogP contribution in [-0.2, 0) is 10.2 Å². The summed E-state index contributed by atoms with van der Waals surface area (Å²) in [5, 5.41) is 7.37. The van der Waals surface area contributed by atoms with E-state index < -0.39 is 0 Å². The summed E-state index contributed by atoms with van der Waals surface area (Å²) < 4.78 is 5.52. The van der Waals surface area contributed by atoms with Crippen molar-refractivity contribution in [2.75, 3.05) is 13.2 Å². The third kappa shape index (κ3) is 3.41. The molecule has 0 aromatic carbocycles. The van der Waals surface area contributed by atoms with Crippen molar-refractivity contribution in [2.24, 2.45) is 5.92 Å². The van der Waals surface area contributed by atoms with Crippen LogP contribution >= 0.6 is 11.3 Å². The fourth-order valence-electron chi connectivity index (χ4n) is 2.74. The van der Waals surface area contributed by atoms with Gasteiger partial charge in [-0.05, 0) is 31.6 Å². The van der Waals surface area contributed by atoms with Gasteiger partial charge in [0.05, 0.1) is 11.7 Å². The molecule has 1 unspecified atom stereocenters. The maximum absolute atomic E-state index is 5.52. The predicted molar refractivity (Wildman–Crippen MR) is 83.3 cm³/mol. The summed E-state index contributed by atoms with van der Waals surface area (Å²) >= 11 is 1.83. The van der Waals surface area contributed by atoms with E-state index in [1.54, 1.807) is 0 Å². The second-order valence-corrected chi connectivity index (χ2v) is 8.08. The van der Waals surface area contributed by atoms with Crippen LogP contribution in [0.25, 0.3) is 0 Å². The number of nitrogens with zero attached hydrogens (tertiary/aromatic N) is 1. The highest BCUT2D eigenvalue weighted by molar-refractivity contribution is 7.09. The van der Waals surface area contributed by atoms with Gasteiger partial charge in [0.2, 0.25) is 0 Å². The molecule has 112 valence electrons. The number of ether oxygens (including phenoxy) is 1. The molecule has 1 saturated carbocycles. The summed E-state index contributed by atoms with van der Waals surface area (Å²) in [4.78, 5) is 4.95. The van der Waals surface area contributed by atoms with Gasteiger partial charge in [-0.2, -0.15) is 0 Å². The average molecular weight is 294 g/mol. The van der Waals surface area contributed by atoms with Crippen LogP contribution in [0.15, 0.2) is 5.38 Å². The lowest BCUT2D eigenvalue weighted by Gasteiger charge is -2.30. The van der Waals surface area contributed by atoms with Crippen molar-refractivity contribution in [2.45, 2.75) is 64.0 Å². The van der Waals surface area contributed by atoms with Crippen molar-refractivity contribution >= 4 is 11.3 Å². The van der Waals surface area contributed by atoms with Crippen LogP contribution in [0, 0.1) is 5.92 Å². The maximum Gasteiger partial charge on any atom is 0.110 e. The van der Waals surface area contributed by atoms with Crippen molar-refractivity contribution in [3.63, 3.8) is 0 Å². The molecule has 2 aliphatic rings. The topological polar surface area (TPSA) is 34.1 Å². The lowest BCUT2D eigenvalue weighted by molar-refractivity contribution is 0.0532. The highest BCUT2D eigenvalue weighted by atomic mass is 32.1. The van der Waals surface area contributed by atoms with E-state index >= 15 is 0 Å². The number of nitrogens with one attached hydrogen (secondary N) is 1. The van der Waals surface area contributed by atoms with Crippen molar-refractivity contribution < 1.29 is 4.74 Å². The van der Waals surface area contributed by atoms with Crippen molar-refractivity contribution in [1.82, 2.24) is 10.3 Å². The van der Waals surface area contributed by atoms with Gasteiger partial charge in [-0.1, -0.05) is 20.8 Å².